The Bertz CT molecular complexity index is 299. The van der Waals surface area contributed by atoms with Gasteiger partial charge in [-0.15, -0.1) is 0 Å². The van der Waals surface area contributed by atoms with Crippen LogP contribution in [-0.4, -0.2) is 24.1 Å². The van der Waals surface area contributed by atoms with Gasteiger partial charge in [-0.25, -0.2) is 4.98 Å². The number of anilines is 1. The number of aromatic nitrogens is 1. The van der Waals surface area contributed by atoms with E-state index in [9.17, 15) is 0 Å². The predicted octanol–water partition coefficient (Wildman–Crippen LogP) is 1.79. The molecule has 0 spiro atoms. The summed E-state index contributed by atoms with van der Waals surface area (Å²) in [6, 6.07) is 6.76. The molecule has 0 radical (unpaired) electrons. The van der Waals surface area contributed by atoms with E-state index >= 15 is 0 Å². The molecule has 2 unspecified atom stereocenters. The molecule has 0 saturated heterocycles. The van der Waals surface area contributed by atoms with E-state index < -0.39 is 0 Å². The molecule has 1 fully saturated rings. The van der Waals surface area contributed by atoms with E-state index in [1.165, 1.54) is 19.3 Å². The van der Waals surface area contributed by atoms with E-state index in [2.05, 4.69) is 16.9 Å². The third-order valence-corrected chi connectivity index (χ3v) is 3.29. The molecule has 1 saturated carbocycles. The molecule has 1 heterocycles. The van der Waals surface area contributed by atoms with Gasteiger partial charge in [-0.1, -0.05) is 18.9 Å². The van der Waals surface area contributed by atoms with E-state index in [0.717, 1.165) is 12.2 Å². The van der Waals surface area contributed by atoms with Crippen molar-refractivity contribution in [2.45, 2.75) is 37.8 Å². The van der Waals surface area contributed by atoms with E-state index in [1.54, 1.807) is 0 Å². The van der Waals surface area contributed by atoms with Gasteiger partial charge in [-0.2, -0.15) is 0 Å². The number of nitrogens with zero attached hydrogens (tertiary/aromatic N) is 2. The third-order valence-electron chi connectivity index (χ3n) is 3.29. The highest BCUT2D eigenvalue weighted by molar-refractivity contribution is 5.38. The summed E-state index contributed by atoms with van der Waals surface area (Å²) in [7, 11) is 2.10. The first kappa shape index (κ1) is 10.4. The Balaban J connectivity index is 2.09. The maximum Gasteiger partial charge on any atom is 0.128 e. The second kappa shape index (κ2) is 4.62. The standard InChI is InChI=1S/C12H19N3/c1-15(12-8-4-5-9-14-12)11-7-3-2-6-10(11)13/h4-5,8-11H,2-3,6-7,13H2,1H3. The van der Waals surface area contributed by atoms with Crippen LogP contribution in [0.5, 0.6) is 0 Å². The Morgan fingerprint density at radius 3 is 2.80 bits per heavy atom. The molecule has 0 bridgehead atoms. The van der Waals surface area contributed by atoms with Gasteiger partial charge in [0.15, 0.2) is 0 Å². The van der Waals surface area contributed by atoms with Gasteiger partial charge in [0.05, 0.1) is 0 Å². The second-order valence-corrected chi connectivity index (χ2v) is 4.31. The molecule has 15 heavy (non-hydrogen) atoms. The molecule has 3 nitrogen and oxygen atoms in total. The maximum absolute atomic E-state index is 6.15. The number of hydrogen-bond donors (Lipinski definition) is 1. The van der Waals surface area contributed by atoms with Gasteiger partial charge < -0.3 is 10.6 Å². The minimum Gasteiger partial charge on any atom is -0.355 e. The van der Waals surface area contributed by atoms with Crippen molar-refractivity contribution in [3.8, 4) is 0 Å². The number of pyridine rings is 1. The highest BCUT2D eigenvalue weighted by atomic mass is 15.2. The largest absolute Gasteiger partial charge is 0.355 e. The van der Waals surface area contributed by atoms with Crippen LogP contribution in [0.1, 0.15) is 25.7 Å². The lowest BCUT2D eigenvalue weighted by Crippen LogP contribution is -2.48. The van der Waals surface area contributed by atoms with Crippen LogP contribution in [-0.2, 0) is 0 Å². The Hall–Kier alpha value is -1.09. The first-order chi connectivity index (χ1) is 7.29. The van der Waals surface area contributed by atoms with Gasteiger partial charge >= 0.3 is 0 Å². The minimum absolute atomic E-state index is 0.297. The molecule has 2 N–H and O–H groups in total. The summed E-state index contributed by atoms with van der Waals surface area (Å²) in [4.78, 5) is 6.58. The predicted molar refractivity (Wildman–Crippen MR) is 62.9 cm³/mol. The average molecular weight is 205 g/mol. The molecule has 0 amide bonds. The first-order valence-electron chi connectivity index (χ1n) is 5.68. The van der Waals surface area contributed by atoms with Gasteiger partial charge in [0.1, 0.15) is 5.82 Å². The van der Waals surface area contributed by atoms with Gasteiger partial charge in [-0.05, 0) is 25.0 Å². The van der Waals surface area contributed by atoms with Crippen LogP contribution >= 0.6 is 0 Å². The Morgan fingerprint density at radius 2 is 2.13 bits per heavy atom. The van der Waals surface area contributed by atoms with Crippen molar-refractivity contribution in [3.63, 3.8) is 0 Å². The molecule has 2 rings (SSSR count). The maximum atomic E-state index is 6.15. The van der Waals surface area contributed by atoms with Crippen molar-refractivity contribution in [1.82, 2.24) is 4.98 Å². The first-order valence-corrected chi connectivity index (χ1v) is 5.68. The molecule has 0 aliphatic heterocycles. The summed E-state index contributed by atoms with van der Waals surface area (Å²) < 4.78 is 0. The fourth-order valence-corrected chi connectivity index (χ4v) is 2.35. The SMILES string of the molecule is CN(c1ccccn1)C1CCCCC1N. The van der Waals surface area contributed by atoms with E-state index in [4.69, 9.17) is 5.73 Å². The second-order valence-electron chi connectivity index (χ2n) is 4.31. The molecule has 1 aliphatic rings. The van der Waals surface area contributed by atoms with Gasteiger partial charge in [0, 0.05) is 25.3 Å². The monoisotopic (exact) mass is 205 g/mol. The molecule has 0 aromatic carbocycles. The molecule has 1 aliphatic carbocycles. The normalized spacial score (nSPS) is 26.3. The summed E-state index contributed by atoms with van der Waals surface area (Å²) in [5.74, 6) is 1.03. The van der Waals surface area contributed by atoms with Crippen LogP contribution in [0.3, 0.4) is 0 Å². The average Bonchev–Trinajstić information content (AvgIpc) is 2.30. The van der Waals surface area contributed by atoms with Crippen LogP contribution in [0.2, 0.25) is 0 Å². The van der Waals surface area contributed by atoms with Crippen LogP contribution in [0, 0.1) is 0 Å². The van der Waals surface area contributed by atoms with E-state index in [0.29, 0.717) is 12.1 Å². The molecule has 1 aromatic heterocycles. The summed E-state index contributed by atoms with van der Waals surface area (Å²) >= 11 is 0. The lowest BCUT2D eigenvalue weighted by Gasteiger charge is -2.36. The number of rotatable bonds is 2. The van der Waals surface area contributed by atoms with Crippen molar-refractivity contribution in [2.24, 2.45) is 5.73 Å². The highest BCUT2D eigenvalue weighted by Gasteiger charge is 2.25. The van der Waals surface area contributed by atoms with Crippen molar-refractivity contribution in [3.05, 3.63) is 24.4 Å². The van der Waals surface area contributed by atoms with Crippen molar-refractivity contribution in [2.75, 3.05) is 11.9 Å². The lowest BCUT2D eigenvalue weighted by atomic mass is 9.90. The molecule has 82 valence electrons. The number of nitrogens with two attached hydrogens (primary N) is 1. The minimum atomic E-state index is 0.297. The zero-order valence-electron chi connectivity index (χ0n) is 9.26. The molecular weight excluding hydrogens is 186 g/mol. The lowest BCUT2D eigenvalue weighted by molar-refractivity contribution is 0.372. The topological polar surface area (TPSA) is 42.2 Å². The van der Waals surface area contributed by atoms with Gasteiger partial charge in [-0.3, -0.25) is 0 Å². The Morgan fingerprint density at radius 1 is 1.33 bits per heavy atom. The fraction of sp³-hybridized carbons (Fsp3) is 0.583. The van der Waals surface area contributed by atoms with Crippen molar-refractivity contribution < 1.29 is 0 Å². The van der Waals surface area contributed by atoms with Crippen molar-refractivity contribution >= 4 is 5.82 Å². The van der Waals surface area contributed by atoms with E-state index in [-0.39, 0.29) is 0 Å². The summed E-state index contributed by atoms with van der Waals surface area (Å²) in [5, 5.41) is 0. The summed E-state index contributed by atoms with van der Waals surface area (Å²) in [6.45, 7) is 0. The van der Waals surface area contributed by atoms with Crippen molar-refractivity contribution in [1.29, 1.82) is 0 Å². The van der Waals surface area contributed by atoms with Gasteiger partial charge in [0.25, 0.3) is 0 Å². The Labute approximate surface area is 91.3 Å². The van der Waals surface area contributed by atoms with Crippen LogP contribution in [0.15, 0.2) is 24.4 Å². The Kier molecular flexibility index (Phi) is 3.21. The number of likely N-dealkylation sites (N-methyl/N-ethyl adjacent to an activating group) is 1. The van der Waals surface area contributed by atoms with Crippen LogP contribution < -0.4 is 10.6 Å². The summed E-state index contributed by atoms with van der Waals surface area (Å²) in [6.07, 6.45) is 6.72. The van der Waals surface area contributed by atoms with Crippen LogP contribution in [0.25, 0.3) is 0 Å². The number of hydrogen-bond acceptors (Lipinski definition) is 3. The molecular formula is C12H19N3. The van der Waals surface area contributed by atoms with Crippen LogP contribution in [0.4, 0.5) is 5.82 Å². The molecule has 3 heteroatoms. The zero-order valence-corrected chi connectivity index (χ0v) is 9.26. The fourth-order valence-electron chi connectivity index (χ4n) is 2.35. The molecule has 1 aromatic rings. The smallest absolute Gasteiger partial charge is 0.128 e. The zero-order chi connectivity index (χ0) is 10.7. The highest BCUT2D eigenvalue weighted by Crippen LogP contribution is 2.23. The van der Waals surface area contributed by atoms with E-state index in [1.807, 2.05) is 24.4 Å². The third kappa shape index (κ3) is 2.29. The quantitative estimate of drug-likeness (QED) is 0.800. The molecule has 2 atom stereocenters. The van der Waals surface area contributed by atoms with Gasteiger partial charge in [0.2, 0.25) is 0 Å². The summed E-state index contributed by atoms with van der Waals surface area (Å²) in [5.41, 5.74) is 6.15.